The molecule has 2 aromatic rings. The fourth-order valence-corrected chi connectivity index (χ4v) is 3.01. The maximum atomic E-state index is 12.2. The van der Waals surface area contributed by atoms with Gasteiger partial charge in [0.15, 0.2) is 5.65 Å². The number of imidazole rings is 1. The molecular formula is C18H26N4O3. The number of pyridine rings is 1. The summed E-state index contributed by atoms with van der Waals surface area (Å²) >= 11 is 0. The smallest absolute Gasteiger partial charge is 0.410 e. The van der Waals surface area contributed by atoms with Gasteiger partial charge in [0.1, 0.15) is 5.60 Å². The maximum Gasteiger partial charge on any atom is 0.410 e. The Hall–Kier alpha value is -2.31. The molecule has 0 saturated carbocycles. The molecule has 1 N–H and O–H groups in total. The quantitative estimate of drug-likeness (QED) is 0.918. The molecule has 0 unspecified atom stereocenters. The summed E-state index contributed by atoms with van der Waals surface area (Å²) < 4.78 is 11.2. The van der Waals surface area contributed by atoms with Crippen molar-refractivity contribution >= 4 is 17.3 Å². The summed E-state index contributed by atoms with van der Waals surface area (Å²) in [6, 6.07) is 4.27. The minimum atomic E-state index is -0.456. The van der Waals surface area contributed by atoms with E-state index in [9.17, 15) is 4.79 Å². The summed E-state index contributed by atoms with van der Waals surface area (Å²) in [6.07, 6.45) is 4.47. The van der Waals surface area contributed by atoms with Crippen molar-refractivity contribution in [2.75, 3.05) is 19.7 Å². The number of fused-ring (bicyclic) bond motifs is 1. The van der Waals surface area contributed by atoms with E-state index >= 15 is 0 Å². The van der Waals surface area contributed by atoms with Crippen molar-refractivity contribution in [3.05, 3.63) is 18.3 Å². The number of ether oxygens (including phenoxy) is 2. The van der Waals surface area contributed by atoms with E-state index in [-0.39, 0.29) is 6.09 Å². The number of piperidine rings is 1. The molecule has 3 rings (SSSR count). The number of likely N-dealkylation sites (tertiary alicyclic amines) is 1. The molecule has 1 aliphatic heterocycles. The van der Waals surface area contributed by atoms with Gasteiger partial charge >= 0.3 is 6.09 Å². The van der Waals surface area contributed by atoms with Gasteiger partial charge < -0.3 is 19.4 Å². The summed E-state index contributed by atoms with van der Waals surface area (Å²) in [7, 11) is 0. The normalized spacial score (nSPS) is 18.4. The molecule has 136 valence electrons. The van der Waals surface area contributed by atoms with Gasteiger partial charge in [-0.15, -0.1) is 0 Å². The van der Waals surface area contributed by atoms with Crippen molar-refractivity contribution in [1.82, 2.24) is 19.9 Å². The molecule has 0 radical (unpaired) electrons. The van der Waals surface area contributed by atoms with Crippen LogP contribution in [0, 0.1) is 5.92 Å². The van der Waals surface area contributed by atoms with Crippen LogP contribution in [0.5, 0.6) is 6.01 Å². The second-order valence-electron chi connectivity index (χ2n) is 7.49. The Morgan fingerprint density at radius 3 is 3.04 bits per heavy atom. The molecule has 7 heteroatoms. The number of carbonyl (C=O) groups excluding carboxylic acids is 1. The van der Waals surface area contributed by atoms with Gasteiger partial charge in [-0.3, -0.25) is 0 Å². The Bertz CT molecular complexity index is 689. The third kappa shape index (κ3) is 4.84. The number of nitrogens with one attached hydrogen (secondary N) is 1. The fraction of sp³-hybridized carbons (Fsp3) is 0.611. The molecule has 1 aliphatic rings. The Balaban J connectivity index is 1.47. The van der Waals surface area contributed by atoms with Gasteiger partial charge in [0.2, 0.25) is 0 Å². The fourth-order valence-electron chi connectivity index (χ4n) is 3.01. The van der Waals surface area contributed by atoms with E-state index in [2.05, 4.69) is 15.0 Å². The predicted molar refractivity (Wildman–Crippen MR) is 94.5 cm³/mol. The lowest BCUT2D eigenvalue weighted by molar-refractivity contribution is 0.0154. The number of hydrogen-bond acceptors (Lipinski definition) is 5. The molecule has 0 aliphatic carbocycles. The average molecular weight is 346 g/mol. The highest BCUT2D eigenvalue weighted by Crippen LogP contribution is 2.22. The van der Waals surface area contributed by atoms with E-state index in [1.807, 2.05) is 37.8 Å². The summed E-state index contributed by atoms with van der Waals surface area (Å²) in [5.74, 6) is 0.420. The third-order valence-electron chi connectivity index (χ3n) is 4.17. The Morgan fingerprint density at radius 1 is 1.44 bits per heavy atom. The summed E-state index contributed by atoms with van der Waals surface area (Å²) in [5.41, 5.74) is 1.07. The highest BCUT2D eigenvalue weighted by atomic mass is 16.6. The lowest BCUT2D eigenvalue weighted by Gasteiger charge is -2.34. The van der Waals surface area contributed by atoms with Crippen molar-refractivity contribution in [2.24, 2.45) is 5.92 Å². The number of nitrogens with zero attached hydrogens (tertiary/aromatic N) is 3. The van der Waals surface area contributed by atoms with Crippen molar-refractivity contribution < 1.29 is 14.3 Å². The van der Waals surface area contributed by atoms with Crippen LogP contribution in [0.4, 0.5) is 4.79 Å². The SMILES string of the molecule is CC(C)(C)OC(=O)N1CCC[C@H](CCOc2nc3ncccc3[nH]2)C1. The van der Waals surface area contributed by atoms with Crippen LogP contribution in [0.15, 0.2) is 18.3 Å². The molecule has 1 atom stereocenters. The first-order valence-electron chi connectivity index (χ1n) is 8.82. The zero-order valence-electron chi connectivity index (χ0n) is 15.1. The molecule has 3 heterocycles. The first-order chi connectivity index (χ1) is 11.9. The molecule has 0 aromatic carbocycles. The number of carbonyl (C=O) groups is 1. The lowest BCUT2D eigenvalue weighted by atomic mass is 9.95. The van der Waals surface area contributed by atoms with E-state index in [0.29, 0.717) is 24.2 Å². The number of hydrogen-bond donors (Lipinski definition) is 1. The lowest BCUT2D eigenvalue weighted by Crippen LogP contribution is -2.43. The van der Waals surface area contributed by atoms with Crippen molar-refractivity contribution in [3.63, 3.8) is 0 Å². The monoisotopic (exact) mass is 346 g/mol. The van der Waals surface area contributed by atoms with Crippen LogP contribution in [0.2, 0.25) is 0 Å². The van der Waals surface area contributed by atoms with Crippen LogP contribution in [0.25, 0.3) is 11.2 Å². The zero-order chi connectivity index (χ0) is 17.9. The molecular weight excluding hydrogens is 320 g/mol. The number of H-pyrrole nitrogens is 1. The number of amides is 1. The van der Waals surface area contributed by atoms with Crippen molar-refractivity contribution in [3.8, 4) is 6.01 Å². The van der Waals surface area contributed by atoms with Crippen LogP contribution in [0.3, 0.4) is 0 Å². The molecule has 0 bridgehead atoms. The number of rotatable bonds is 4. The summed E-state index contributed by atoms with van der Waals surface area (Å²) in [5, 5.41) is 0. The highest BCUT2D eigenvalue weighted by molar-refractivity contribution is 5.70. The number of aromatic nitrogens is 3. The largest absolute Gasteiger partial charge is 0.465 e. The van der Waals surface area contributed by atoms with E-state index in [0.717, 1.165) is 37.9 Å². The minimum absolute atomic E-state index is 0.221. The average Bonchev–Trinajstić information content (AvgIpc) is 2.96. The maximum absolute atomic E-state index is 12.2. The minimum Gasteiger partial charge on any atom is -0.465 e. The van der Waals surface area contributed by atoms with E-state index in [1.165, 1.54) is 0 Å². The van der Waals surface area contributed by atoms with Gasteiger partial charge in [-0.25, -0.2) is 9.78 Å². The zero-order valence-corrected chi connectivity index (χ0v) is 15.1. The molecule has 1 saturated heterocycles. The Kier molecular flexibility index (Phi) is 5.11. The Labute approximate surface area is 147 Å². The molecule has 1 fully saturated rings. The van der Waals surface area contributed by atoms with Crippen LogP contribution in [0.1, 0.15) is 40.0 Å². The molecule has 2 aromatic heterocycles. The van der Waals surface area contributed by atoms with E-state index < -0.39 is 5.60 Å². The van der Waals surface area contributed by atoms with Crippen molar-refractivity contribution in [2.45, 2.75) is 45.6 Å². The highest BCUT2D eigenvalue weighted by Gasteiger charge is 2.27. The third-order valence-corrected chi connectivity index (χ3v) is 4.17. The van der Waals surface area contributed by atoms with Crippen molar-refractivity contribution in [1.29, 1.82) is 0 Å². The second-order valence-corrected chi connectivity index (χ2v) is 7.49. The van der Waals surface area contributed by atoms with Crippen LogP contribution in [-0.2, 0) is 4.74 Å². The van der Waals surface area contributed by atoms with Crippen LogP contribution in [-0.4, -0.2) is 51.2 Å². The summed E-state index contributed by atoms with van der Waals surface area (Å²) in [4.78, 5) is 25.6. The molecule has 7 nitrogen and oxygen atoms in total. The van der Waals surface area contributed by atoms with Gasteiger partial charge in [0.05, 0.1) is 12.1 Å². The topological polar surface area (TPSA) is 80.3 Å². The van der Waals surface area contributed by atoms with Crippen LogP contribution < -0.4 is 4.74 Å². The van der Waals surface area contributed by atoms with Gasteiger partial charge in [-0.05, 0) is 58.1 Å². The number of aromatic amines is 1. The van der Waals surface area contributed by atoms with Gasteiger partial charge in [0, 0.05) is 19.3 Å². The van der Waals surface area contributed by atoms with Gasteiger partial charge in [-0.2, -0.15) is 4.98 Å². The van der Waals surface area contributed by atoms with E-state index in [4.69, 9.17) is 9.47 Å². The Morgan fingerprint density at radius 2 is 2.28 bits per heavy atom. The van der Waals surface area contributed by atoms with Crippen LogP contribution >= 0.6 is 0 Å². The predicted octanol–water partition coefficient (Wildman–Crippen LogP) is 3.37. The molecule has 1 amide bonds. The first-order valence-corrected chi connectivity index (χ1v) is 8.82. The second kappa shape index (κ2) is 7.29. The van der Waals surface area contributed by atoms with E-state index in [1.54, 1.807) is 6.20 Å². The standard InChI is InChI=1S/C18H26N4O3/c1-18(2,3)25-17(23)22-10-5-6-13(12-22)8-11-24-16-20-14-7-4-9-19-15(14)21-16/h4,7,9,13H,5-6,8,10-12H2,1-3H3,(H,19,20,21)/t13-/m1/s1. The molecule has 0 spiro atoms. The summed E-state index contributed by atoms with van der Waals surface area (Å²) in [6.45, 7) is 7.72. The van der Waals surface area contributed by atoms with Gasteiger partial charge in [-0.1, -0.05) is 0 Å². The van der Waals surface area contributed by atoms with Gasteiger partial charge in [0.25, 0.3) is 6.01 Å². The molecule has 25 heavy (non-hydrogen) atoms. The first kappa shape index (κ1) is 17.5.